The largest absolute Gasteiger partial charge is 0.462 e. The monoisotopic (exact) mass is 408 g/mol. The first-order chi connectivity index (χ1) is 14.1. The third-order valence-electron chi connectivity index (χ3n) is 7.65. The Morgan fingerprint density at radius 2 is 1.59 bits per heavy atom. The summed E-state index contributed by atoms with van der Waals surface area (Å²) in [5, 5.41) is 18.7. The first-order valence-electron chi connectivity index (χ1n) is 12.2. The van der Waals surface area contributed by atoms with Crippen LogP contribution in [0.25, 0.3) is 0 Å². The zero-order valence-electron chi connectivity index (χ0n) is 18.6. The van der Waals surface area contributed by atoms with Crippen LogP contribution in [0.2, 0.25) is 0 Å². The fourth-order valence-corrected chi connectivity index (χ4v) is 5.58. The van der Waals surface area contributed by atoms with Crippen molar-refractivity contribution in [1.29, 1.82) is 0 Å². The van der Waals surface area contributed by atoms with Crippen molar-refractivity contribution in [2.24, 2.45) is 29.6 Å². The van der Waals surface area contributed by atoms with Crippen molar-refractivity contribution in [2.45, 2.75) is 90.4 Å². The first-order valence-corrected chi connectivity index (χ1v) is 12.2. The van der Waals surface area contributed by atoms with E-state index in [0.29, 0.717) is 5.92 Å². The van der Waals surface area contributed by atoms with Gasteiger partial charge in [-0.2, -0.15) is 0 Å². The van der Waals surface area contributed by atoms with Gasteiger partial charge in [-0.1, -0.05) is 58.4 Å². The minimum Gasteiger partial charge on any atom is -0.462 e. The van der Waals surface area contributed by atoms with E-state index in [1.54, 1.807) is 0 Å². The van der Waals surface area contributed by atoms with E-state index in [-0.39, 0.29) is 31.3 Å². The van der Waals surface area contributed by atoms with Gasteiger partial charge in [-0.15, -0.1) is 0 Å². The Hall–Kier alpha value is -0.870. The van der Waals surface area contributed by atoms with Crippen LogP contribution < -0.4 is 0 Å². The van der Waals surface area contributed by atoms with Crippen molar-refractivity contribution in [1.82, 2.24) is 0 Å². The van der Waals surface area contributed by atoms with Crippen LogP contribution in [0.15, 0.2) is 12.2 Å². The summed E-state index contributed by atoms with van der Waals surface area (Å²) in [5.74, 6) is 2.61. The Morgan fingerprint density at radius 3 is 2.14 bits per heavy atom. The number of aliphatic hydroxyl groups is 2. The number of aliphatic hydroxyl groups excluding tert-OH is 2. The lowest BCUT2D eigenvalue weighted by Crippen LogP contribution is -2.31. The SMILES string of the molecule is C=C(CO)C(=O)OCC(CO)C1CCC(C2CCC(CCCCCC)CC2)CC1. The third-order valence-corrected chi connectivity index (χ3v) is 7.65. The van der Waals surface area contributed by atoms with Crippen LogP contribution in [0.3, 0.4) is 0 Å². The molecule has 1 unspecified atom stereocenters. The number of rotatable bonds is 12. The lowest BCUT2D eigenvalue weighted by Gasteiger charge is -2.39. The standard InChI is InChI=1S/C25H44O4/c1-3-4-5-6-7-20-8-10-21(11-9-20)22-12-14-23(15-13-22)24(17-27)18-29-25(28)19(2)16-26/h20-24,26-27H,2-18H2,1H3. The van der Waals surface area contributed by atoms with Crippen LogP contribution in [0, 0.1) is 29.6 Å². The molecule has 0 spiro atoms. The van der Waals surface area contributed by atoms with E-state index in [0.717, 1.165) is 30.6 Å². The van der Waals surface area contributed by atoms with E-state index in [1.165, 1.54) is 70.6 Å². The van der Waals surface area contributed by atoms with Crippen molar-refractivity contribution in [3.05, 3.63) is 12.2 Å². The molecule has 0 aliphatic heterocycles. The molecule has 2 N–H and O–H groups in total. The molecule has 0 aromatic carbocycles. The summed E-state index contributed by atoms with van der Waals surface area (Å²) in [4.78, 5) is 11.7. The smallest absolute Gasteiger partial charge is 0.335 e. The van der Waals surface area contributed by atoms with Crippen molar-refractivity contribution >= 4 is 5.97 Å². The molecule has 0 heterocycles. The summed E-state index contributed by atoms with van der Waals surface area (Å²) in [5.41, 5.74) is 0.0753. The molecule has 4 nitrogen and oxygen atoms in total. The fourth-order valence-electron chi connectivity index (χ4n) is 5.58. The van der Waals surface area contributed by atoms with Crippen molar-refractivity contribution < 1.29 is 19.7 Å². The number of carbonyl (C=O) groups excluding carboxylic acids is 1. The highest BCUT2D eigenvalue weighted by atomic mass is 16.5. The highest BCUT2D eigenvalue weighted by Gasteiger charge is 2.33. The van der Waals surface area contributed by atoms with Gasteiger partial charge in [-0.25, -0.2) is 4.79 Å². The Balaban J connectivity index is 1.66. The van der Waals surface area contributed by atoms with Crippen LogP contribution in [0.5, 0.6) is 0 Å². The Kier molecular flexibility index (Phi) is 11.3. The maximum absolute atomic E-state index is 11.7. The molecular weight excluding hydrogens is 364 g/mol. The molecule has 0 radical (unpaired) electrons. The topological polar surface area (TPSA) is 66.8 Å². The normalized spacial score (nSPS) is 28.7. The molecule has 4 heteroatoms. The molecule has 2 fully saturated rings. The summed E-state index contributed by atoms with van der Waals surface area (Å²) >= 11 is 0. The highest BCUT2D eigenvalue weighted by Crippen LogP contribution is 2.43. The molecule has 2 aliphatic rings. The molecule has 0 aromatic rings. The third kappa shape index (κ3) is 8.05. The second kappa shape index (κ2) is 13.4. The van der Waals surface area contributed by atoms with Crippen molar-refractivity contribution in [2.75, 3.05) is 19.8 Å². The second-order valence-corrected chi connectivity index (χ2v) is 9.61. The van der Waals surface area contributed by atoms with Crippen LogP contribution in [0.4, 0.5) is 0 Å². The van der Waals surface area contributed by atoms with E-state index in [2.05, 4.69) is 13.5 Å². The summed E-state index contributed by atoms with van der Waals surface area (Å²) in [7, 11) is 0. The average Bonchev–Trinajstić information content (AvgIpc) is 2.77. The number of carbonyl (C=O) groups is 1. The van der Waals surface area contributed by atoms with E-state index in [4.69, 9.17) is 9.84 Å². The second-order valence-electron chi connectivity index (χ2n) is 9.61. The van der Waals surface area contributed by atoms with Gasteiger partial charge in [-0.3, -0.25) is 0 Å². The lowest BCUT2D eigenvalue weighted by molar-refractivity contribution is -0.142. The number of ether oxygens (including phenoxy) is 1. The summed E-state index contributed by atoms with van der Waals surface area (Å²) in [6.07, 6.45) is 17.5. The van der Waals surface area contributed by atoms with E-state index >= 15 is 0 Å². The predicted molar refractivity (Wildman–Crippen MR) is 117 cm³/mol. The van der Waals surface area contributed by atoms with Gasteiger partial charge in [0.25, 0.3) is 0 Å². The molecule has 1 atom stereocenters. The Bertz CT molecular complexity index is 473. The van der Waals surface area contributed by atoms with Crippen LogP contribution in [-0.4, -0.2) is 36.0 Å². The average molecular weight is 409 g/mol. The van der Waals surface area contributed by atoms with Crippen molar-refractivity contribution in [3.63, 3.8) is 0 Å². The van der Waals surface area contributed by atoms with Crippen molar-refractivity contribution in [3.8, 4) is 0 Å². The van der Waals surface area contributed by atoms with Gasteiger partial charge in [0.2, 0.25) is 0 Å². The quantitative estimate of drug-likeness (QED) is 0.262. The lowest BCUT2D eigenvalue weighted by atomic mass is 9.67. The molecule has 0 saturated heterocycles. The molecule has 0 bridgehead atoms. The number of esters is 1. The minimum absolute atomic E-state index is 0.00486. The maximum Gasteiger partial charge on any atom is 0.335 e. The van der Waals surface area contributed by atoms with Gasteiger partial charge in [0, 0.05) is 12.5 Å². The zero-order chi connectivity index (χ0) is 21.1. The van der Waals surface area contributed by atoms with E-state index in [1.807, 2.05) is 0 Å². The van der Waals surface area contributed by atoms with Gasteiger partial charge < -0.3 is 14.9 Å². The molecule has 2 rings (SSSR count). The van der Waals surface area contributed by atoms with E-state index < -0.39 is 5.97 Å². The van der Waals surface area contributed by atoms with Gasteiger partial charge in [-0.05, 0) is 62.2 Å². The van der Waals surface area contributed by atoms with Gasteiger partial charge >= 0.3 is 5.97 Å². The summed E-state index contributed by atoms with van der Waals surface area (Å²) in [6, 6.07) is 0. The van der Waals surface area contributed by atoms with E-state index in [9.17, 15) is 9.90 Å². The van der Waals surface area contributed by atoms with Crippen LogP contribution in [0.1, 0.15) is 90.4 Å². The Morgan fingerprint density at radius 1 is 0.966 bits per heavy atom. The summed E-state index contributed by atoms with van der Waals surface area (Å²) < 4.78 is 5.24. The van der Waals surface area contributed by atoms with Crippen LogP contribution in [-0.2, 0) is 9.53 Å². The zero-order valence-corrected chi connectivity index (χ0v) is 18.6. The molecule has 2 saturated carbocycles. The molecular formula is C25H44O4. The van der Waals surface area contributed by atoms with Crippen LogP contribution >= 0.6 is 0 Å². The molecule has 29 heavy (non-hydrogen) atoms. The maximum atomic E-state index is 11.7. The Labute approximate surface area is 178 Å². The number of unbranched alkanes of at least 4 members (excludes halogenated alkanes) is 3. The molecule has 0 amide bonds. The molecule has 2 aliphatic carbocycles. The number of hydrogen-bond donors (Lipinski definition) is 2. The minimum atomic E-state index is -0.550. The molecule has 168 valence electrons. The summed E-state index contributed by atoms with van der Waals surface area (Å²) in [6.45, 7) is 5.68. The van der Waals surface area contributed by atoms with Gasteiger partial charge in [0.15, 0.2) is 0 Å². The first kappa shape index (κ1) is 24.4. The predicted octanol–water partition coefficient (Wildman–Crippen LogP) is 5.27. The van der Waals surface area contributed by atoms with Gasteiger partial charge in [0.1, 0.15) is 0 Å². The molecule has 0 aromatic heterocycles. The highest BCUT2D eigenvalue weighted by molar-refractivity contribution is 5.87. The fraction of sp³-hybridized carbons (Fsp3) is 0.880. The number of hydrogen-bond acceptors (Lipinski definition) is 4. The van der Waals surface area contributed by atoms with Gasteiger partial charge in [0.05, 0.1) is 18.8 Å².